The fourth-order valence-electron chi connectivity index (χ4n) is 4.98. The minimum absolute atomic E-state index is 0. The van der Waals surface area contributed by atoms with E-state index in [1.165, 1.54) is 69.6 Å². The molecule has 0 aliphatic heterocycles. The summed E-state index contributed by atoms with van der Waals surface area (Å²) < 4.78 is 3.34. The molecule has 0 N–H and O–H groups in total. The van der Waals surface area contributed by atoms with Gasteiger partial charge in [0.2, 0.25) is 0 Å². The Kier molecular flexibility index (Phi) is 21.6. The van der Waals surface area contributed by atoms with E-state index in [4.69, 9.17) is 23.2 Å². The van der Waals surface area contributed by atoms with Crippen LogP contribution in [0.2, 0.25) is 10.0 Å². The summed E-state index contributed by atoms with van der Waals surface area (Å²) >= 11 is 12.3. The van der Waals surface area contributed by atoms with Crippen molar-refractivity contribution in [2.45, 2.75) is 92.9 Å². The number of allylic oxidation sites excluding steroid dienone is 4. The van der Waals surface area contributed by atoms with Crippen LogP contribution in [0, 0.1) is 35.6 Å². The van der Waals surface area contributed by atoms with E-state index in [2.05, 4.69) is 140 Å². The van der Waals surface area contributed by atoms with Crippen LogP contribution < -0.4 is 0 Å². The van der Waals surface area contributed by atoms with Crippen LogP contribution in [0.1, 0.15) is 97.9 Å². The summed E-state index contributed by atoms with van der Waals surface area (Å²) in [6, 6.07) is 35.2. The molecule has 50 heavy (non-hydrogen) atoms. The first kappa shape index (κ1) is 48.3. The molecule has 0 saturated carbocycles. The van der Waals surface area contributed by atoms with Gasteiger partial charge in [-0.15, -0.1) is 35.9 Å². The summed E-state index contributed by atoms with van der Waals surface area (Å²) in [6.45, 7) is 22.5. The maximum atomic E-state index is 5.51. The van der Waals surface area contributed by atoms with Crippen LogP contribution in [0.15, 0.2) is 96.6 Å². The second kappa shape index (κ2) is 22.4. The maximum absolute atomic E-state index is 5.51. The van der Waals surface area contributed by atoms with Gasteiger partial charge in [-0.1, -0.05) is 121 Å². The molecule has 6 rings (SSSR count). The summed E-state index contributed by atoms with van der Waals surface area (Å²) in [5, 5.41) is 1.48. The Balaban J connectivity index is 0.000000697. The molecule has 0 nitrogen and oxygen atoms in total. The standard InChI is InChI=1S/C21H25.C11H17.2C6H4Cl.CH2.2ClH.Zr/c1-20(2,3)16-7-9-18-14(12-16)11-15-13-17(21(4,5)6)8-10-19(15)18;1-5-9-6-7-10(8-9)11(2,3)4;2*7-6-4-2-1-3-5-6;;;;/h7-10,12H,11H2,1-6H3;7-9H,5H2,1-4H3;2*1-2,4-5H;1H2;2*1H;/q4*-1;;;;. The number of hydrogen-bond acceptors (Lipinski definition) is 0. The van der Waals surface area contributed by atoms with Crippen LogP contribution in [0.25, 0.3) is 11.1 Å². The van der Waals surface area contributed by atoms with Gasteiger partial charge >= 0.3 is 28.4 Å². The minimum atomic E-state index is 0. The SMILES string of the molecule is CC(C)(C)c1[c-]c2c(cc1)-c1ccc(C(C)(C)C)cc1C2.CCC1[C-]=CC(C(C)(C)C)=C1.Cl.Cl.Clc1c[c-]ccc1.Clc1c[c-]ccc1.[CH2]=[Zr]. The Morgan fingerprint density at radius 1 is 0.740 bits per heavy atom. The third-order valence-corrected chi connectivity index (χ3v) is 8.41. The molecule has 0 aromatic heterocycles. The average Bonchev–Trinajstić information content (AvgIpc) is 3.68. The van der Waals surface area contributed by atoms with Gasteiger partial charge in [0, 0.05) is 0 Å². The van der Waals surface area contributed by atoms with Gasteiger partial charge in [0.25, 0.3) is 0 Å². The van der Waals surface area contributed by atoms with Gasteiger partial charge in [0.15, 0.2) is 0 Å². The second-order valence-electron chi connectivity index (χ2n) is 15.0. The van der Waals surface area contributed by atoms with E-state index in [9.17, 15) is 0 Å². The zero-order chi connectivity index (χ0) is 36.1. The Bertz CT molecular complexity index is 1520. The molecule has 0 saturated heterocycles. The normalized spacial score (nSPS) is 13.7. The van der Waals surface area contributed by atoms with Crippen molar-refractivity contribution in [2.24, 2.45) is 11.3 Å². The number of halogens is 4. The second-order valence-corrected chi connectivity index (χ2v) is 15.8. The van der Waals surface area contributed by atoms with Crippen molar-refractivity contribution in [3.63, 3.8) is 0 Å². The van der Waals surface area contributed by atoms with E-state index in [1.54, 1.807) is 12.1 Å². The van der Waals surface area contributed by atoms with E-state index >= 15 is 0 Å². The van der Waals surface area contributed by atoms with Crippen LogP contribution in [-0.2, 0) is 41.5 Å². The molecule has 1 atom stereocenters. The number of rotatable bonds is 1. The molecule has 0 heterocycles. The molecule has 1 unspecified atom stereocenters. The van der Waals surface area contributed by atoms with Crippen LogP contribution in [0.3, 0.4) is 0 Å². The predicted molar refractivity (Wildman–Crippen MR) is 222 cm³/mol. The van der Waals surface area contributed by atoms with E-state index in [0.717, 1.165) is 16.5 Å². The average molecular weight is 828 g/mol. The van der Waals surface area contributed by atoms with Crippen LogP contribution in [0.5, 0.6) is 0 Å². The molecule has 4 aromatic carbocycles. The van der Waals surface area contributed by atoms with Gasteiger partial charge in [-0.3, -0.25) is 6.08 Å². The molecule has 2 aliphatic rings. The number of fused-ring (bicyclic) bond motifs is 3. The van der Waals surface area contributed by atoms with Crippen molar-refractivity contribution in [1.29, 1.82) is 0 Å². The summed E-state index contributed by atoms with van der Waals surface area (Å²) in [4.78, 5) is 0. The van der Waals surface area contributed by atoms with E-state index in [1.807, 2.05) is 36.4 Å². The van der Waals surface area contributed by atoms with Crippen molar-refractivity contribution in [3.05, 3.63) is 153 Å². The molecule has 0 bridgehead atoms. The number of benzene rings is 4. The first-order valence-corrected chi connectivity index (χ1v) is 19.1. The summed E-state index contributed by atoms with van der Waals surface area (Å²) in [5.74, 6) is 0.573. The fourth-order valence-corrected chi connectivity index (χ4v) is 5.25. The zero-order valence-corrected chi connectivity index (χ0v) is 37.0. The van der Waals surface area contributed by atoms with E-state index < -0.39 is 0 Å². The van der Waals surface area contributed by atoms with Crippen LogP contribution in [0.4, 0.5) is 0 Å². The molecule has 2 aliphatic carbocycles. The Morgan fingerprint density at radius 3 is 1.64 bits per heavy atom. The Hall–Kier alpha value is -1.73. The molecule has 5 heteroatoms. The van der Waals surface area contributed by atoms with Crippen LogP contribution >= 0.6 is 48.0 Å². The summed E-state index contributed by atoms with van der Waals surface area (Å²) in [7, 11) is 0. The monoisotopic (exact) mass is 824 g/mol. The van der Waals surface area contributed by atoms with Crippen molar-refractivity contribution in [2.75, 3.05) is 0 Å². The van der Waals surface area contributed by atoms with Crippen molar-refractivity contribution in [3.8, 4) is 11.1 Å². The summed E-state index contributed by atoms with van der Waals surface area (Å²) in [6.07, 6.45) is 10.0. The zero-order valence-electron chi connectivity index (χ0n) is 31.4. The van der Waals surface area contributed by atoms with Gasteiger partial charge in [0.1, 0.15) is 0 Å². The quantitative estimate of drug-likeness (QED) is 0.148. The molecular weight excluding hydrogens is 774 g/mol. The Morgan fingerprint density at radius 2 is 1.28 bits per heavy atom. The molecule has 0 radical (unpaired) electrons. The van der Waals surface area contributed by atoms with Crippen molar-refractivity contribution >= 4 is 52.2 Å². The fraction of sp³-hybridized carbons (Fsp3) is 0.356. The van der Waals surface area contributed by atoms with Crippen molar-refractivity contribution < 1.29 is 24.2 Å². The third kappa shape index (κ3) is 15.9. The third-order valence-electron chi connectivity index (χ3n) is 7.94. The molecule has 270 valence electrons. The molecule has 0 spiro atoms. The van der Waals surface area contributed by atoms with E-state index in [-0.39, 0.29) is 35.6 Å². The van der Waals surface area contributed by atoms with Gasteiger partial charge in [-0.2, -0.15) is 119 Å². The Labute approximate surface area is 342 Å². The molecule has 0 fully saturated rings. The first-order valence-electron chi connectivity index (χ1n) is 16.6. The van der Waals surface area contributed by atoms with Crippen LogP contribution in [-0.4, -0.2) is 4.21 Å². The molecule has 0 amide bonds. The van der Waals surface area contributed by atoms with E-state index in [0.29, 0.717) is 11.3 Å². The summed E-state index contributed by atoms with van der Waals surface area (Å²) in [5.41, 5.74) is 10.4. The topological polar surface area (TPSA) is 0 Å². The first-order chi connectivity index (χ1) is 22.5. The molecular formula is C45H54Cl4Zr-4. The van der Waals surface area contributed by atoms with Gasteiger partial charge in [0.05, 0.1) is 0 Å². The van der Waals surface area contributed by atoms with Gasteiger partial charge in [-0.05, 0) is 28.4 Å². The van der Waals surface area contributed by atoms with Gasteiger partial charge in [-0.25, -0.2) is 6.08 Å². The molecule has 4 aromatic rings. The van der Waals surface area contributed by atoms with Gasteiger partial charge < -0.3 is 0 Å². The van der Waals surface area contributed by atoms with Crippen molar-refractivity contribution in [1.82, 2.24) is 0 Å². The number of hydrogen-bond donors (Lipinski definition) is 0. The predicted octanol–water partition coefficient (Wildman–Crippen LogP) is 14.1.